The van der Waals surface area contributed by atoms with Crippen LogP contribution in [0.2, 0.25) is 0 Å². The second-order valence-electron chi connectivity index (χ2n) is 5.73. The summed E-state index contributed by atoms with van der Waals surface area (Å²) in [5.41, 5.74) is 1.32. The first kappa shape index (κ1) is 13.8. The number of likely N-dealkylation sites (tertiary alicyclic amines) is 1. The van der Waals surface area contributed by atoms with E-state index in [1.165, 1.54) is 38.0 Å². The number of aromatic amines is 1. The maximum Gasteiger partial charge on any atom is 0.177 e. The van der Waals surface area contributed by atoms with Gasteiger partial charge in [-0.05, 0) is 51.0 Å². The summed E-state index contributed by atoms with van der Waals surface area (Å²) in [5, 5.41) is 0. The van der Waals surface area contributed by atoms with Gasteiger partial charge in [-0.15, -0.1) is 0 Å². The molecular weight excluding hydrogens is 242 g/mol. The predicted octanol–water partition coefficient (Wildman–Crippen LogP) is 3.54. The van der Waals surface area contributed by atoms with E-state index in [1.807, 2.05) is 0 Å². The number of hydrogen-bond donors (Lipinski definition) is 1. The molecular formula is C14H25N3S. The Morgan fingerprint density at radius 3 is 2.50 bits per heavy atom. The highest BCUT2D eigenvalue weighted by Crippen LogP contribution is 2.18. The summed E-state index contributed by atoms with van der Waals surface area (Å²) in [6, 6.07) is 0.574. The Morgan fingerprint density at radius 2 is 1.89 bits per heavy atom. The predicted molar refractivity (Wildman–Crippen MR) is 78.6 cm³/mol. The third kappa shape index (κ3) is 3.04. The van der Waals surface area contributed by atoms with E-state index in [9.17, 15) is 0 Å². The molecule has 0 radical (unpaired) electrons. The maximum atomic E-state index is 5.40. The Kier molecular flexibility index (Phi) is 4.62. The number of piperidine rings is 1. The van der Waals surface area contributed by atoms with Crippen LogP contribution in [0.3, 0.4) is 0 Å². The Balaban J connectivity index is 2.08. The standard InChI is InChI=1S/C14H25N3S/c1-11(2)13-9-15-14(18)17(13)10-12(3)16-7-5-4-6-8-16/h9,11-12H,4-8,10H2,1-3H3,(H,15,18). The molecule has 2 rings (SSSR count). The molecule has 0 bridgehead atoms. The Bertz CT molecular complexity index is 426. The summed E-state index contributed by atoms with van der Waals surface area (Å²) in [6.07, 6.45) is 6.15. The van der Waals surface area contributed by atoms with Gasteiger partial charge in [-0.3, -0.25) is 4.90 Å². The van der Waals surface area contributed by atoms with Crippen molar-refractivity contribution in [3.63, 3.8) is 0 Å². The molecule has 1 aromatic heterocycles. The molecule has 1 aliphatic heterocycles. The third-order valence-electron chi connectivity index (χ3n) is 3.95. The fourth-order valence-corrected chi connectivity index (χ4v) is 3.05. The van der Waals surface area contributed by atoms with Gasteiger partial charge < -0.3 is 9.55 Å². The van der Waals surface area contributed by atoms with Crippen LogP contribution in [0.4, 0.5) is 0 Å². The van der Waals surface area contributed by atoms with Gasteiger partial charge in [-0.25, -0.2) is 0 Å². The first-order valence-electron chi connectivity index (χ1n) is 7.11. The lowest BCUT2D eigenvalue weighted by Gasteiger charge is -2.33. The SMILES string of the molecule is CC(C)c1c[nH]c(=S)n1CC(C)N1CCCCC1. The summed E-state index contributed by atoms with van der Waals surface area (Å²) in [7, 11) is 0. The number of aromatic nitrogens is 2. The molecule has 1 aliphatic rings. The monoisotopic (exact) mass is 267 g/mol. The normalized spacial score (nSPS) is 19.3. The van der Waals surface area contributed by atoms with Crippen molar-refractivity contribution in [3.05, 3.63) is 16.7 Å². The van der Waals surface area contributed by atoms with Crippen LogP contribution < -0.4 is 0 Å². The molecule has 0 spiro atoms. The molecule has 1 unspecified atom stereocenters. The summed E-state index contributed by atoms with van der Waals surface area (Å²) in [5.74, 6) is 0.520. The third-order valence-corrected chi connectivity index (χ3v) is 4.29. The van der Waals surface area contributed by atoms with Crippen molar-refractivity contribution in [1.82, 2.24) is 14.5 Å². The Morgan fingerprint density at radius 1 is 1.22 bits per heavy atom. The molecule has 3 nitrogen and oxygen atoms in total. The summed E-state index contributed by atoms with van der Waals surface area (Å²) in [6.45, 7) is 10.3. The van der Waals surface area contributed by atoms with Crippen molar-refractivity contribution in [3.8, 4) is 0 Å². The zero-order valence-corrected chi connectivity index (χ0v) is 12.6. The van der Waals surface area contributed by atoms with Gasteiger partial charge in [0.15, 0.2) is 4.77 Å². The van der Waals surface area contributed by atoms with Crippen LogP contribution in [-0.2, 0) is 6.54 Å². The second kappa shape index (κ2) is 6.02. The van der Waals surface area contributed by atoms with Crippen LogP contribution in [0.15, 0.2) is 6.20 Å². The van der Waals surface area contributed by atoms with Gasteiger partial charge in [0, 0.05) is 24.5 Å². The minimum Gasteiger partial charge on any atom is -0.337 e. The molecule has 0 amide bonds. The van der Waals surface area contributed by atoms with Crippen LogP contribution in [0.5, 0.6) is 0 Å². The van der Waals surface area contributed by atoms with Crippen LogP contribution in [0.1, 0.15) is 51.6 Å². The van der Waals surface area contributed by atoms with Crippen molar-refractivity contribution < 1.29 is 0 Å². The summed E-state index contributed by atoms with van der Waals surface area (Å²) in [4.78, 5) is 5.79. The van der Waals surface area contributed by atoms with E-state index in [1.54, 1.807) is 0 Å². The molecule has 1 aromatic rings. The van der Waals surface area contributed by atoms with E-state index in [0.717, 1.165) is 11.3 Å². The van der Waals surface area contributed by atoms with E-state index in [4.69, 9.17) is 12.2 Å². The summed E-state index contributed by atoms with van der Waals surface area (Å²) >= 11 is 5.40. The highest BCUT2D eigenvalue weighted by atomic mass is 32.1. The van der Waals surface area contributed by atoms with Gasteiger partial charge in [0.1, 0.15) is 0 Å². The van der Waals surface area contributed by atoms with E-state index in [0.29, 0.717) is 12.0 Å². The Hall–Kier alpha value is -0.610. The topological polar surface area (TPSA) is 24.0 Å². The molecule has 1 atom stereocenters. The van der Waals surface area contributed by atoms with E-state index < -0.39 is 0 Å². The van der Waals surface area contributed by atoms with Gasteiger partial charge in [0.2, 0.25) is 0 Å². The minimum absolute atomic E-state index is 0.520. The number of rotatable bonds is 4. The van der Waals surface area contributed by atoms with Gasteiger partial charge in [0.05, 0.1) is 0 Å². The van der Waals surface area contributed by atoms with Gasteiger partial charge in [-0.2, -0.15) is 0 Å². The molecule has 1 fully saturated rings. The molecule has 0 saturated carbocycles. The van der Waals surface area contributed by atoms with E-state index in [-0.39, 0.29) is 0 Å². The molecule has 18 heavy (non-hydrogen) atoms. The lowest BCUT2D eigenvalue weighted by Crippen LogP contribution is -2.40. The van der Waals surface area contributed by atoms with Crippen LogP contribution >= 0.6 is 12.2 Å². The van der Waals surface area contributed by atoms with Crippen molar-refractivity contribution in [2.45, 2.75) is 58.5 Å². The second-order valence-corrected chi connectivity index (χ2v) is 6.12. The van der Waals surface area contributed by atoms with Gasteiger partial charge in [-0.1, -0.05) is 20.3 Å². The minimum atomic E-state index is 0.520. The van der Waals surface area contributed by atoms with Crippen LogP contribution in [-0.4, -0.2) is 33.6 Å². The molecule has 1 saturated heterocycles. The first-order valence-corrected chi connectivity index (χ1v) is 7.52. The van der Waals surface area contributed by atoms with Gasteiger partial charge >= 0.3 is 0 Å². The number of nitrogens with one attached hydrogen (secondary N) is 1. The quantitative estimate of drug-likeness (QED) is 0.844. The van der Waals surface area contributed by atoms with Crippen molar-refractivity contribution in [2.24, 2.45) is 0 Å². The Labute approximate surface area is 115 Å². The van der Waals surface area contributed by atoms with Crippen LogP contribution in [0, 0.1) is 4.77 Å². The molecule has 2 heterocycles. The zero-order chi connectivity index (χ0) is 13.1. The number of hydrogen-bond acceptors (Lipinski definition) is 2. The van der Waals surface area contributed by atoms with Crippen molar-refractivity contribution >= 4 is 12.2 Å². The smallest absolute Gasteiger partial charge is 0.177 e. The molecule has 0 aliphatic carbocycles. The molecule has 0 aromatic carbocycles. The van der Waals surface area contributed by atoms with Gasteiger partial charge in [0.25, 0.3) is 0 Å². The summed E-state index contributed by atoms with van der Waals surface area (Å²) < 4.78 is 3.14. The van der Waals surface area contributed by atoms with E-state index in [2.05, 4.69) is 41.4 Å². The largest absolute Gasteiger partial charge is 0.337 e. The van der Waals surface area contributed by atoms with E-state index >= 15 is 0 Å². The average Bonchev–Trinajstić information content (AvgIpc) is 2.72. The number of nitrogens with zero attached hydrogens (tertiary/aromatic N) is 2. The first-order chi connectivity index (χ1) is 8.59. The fourth-order valence-electron chi connectivity index (χ4n) is 2.81. The zero-order valence-electron chi connectivity index (χ0n) is 11.8. The van der Waals surface area contributed by atoms with Crippen molar-refractivity contribution in [1.29, 1.82) is 0 Å². The average molecular weight is 267 g/mol. The lowest BCUT2D eigenvalue weighted by molar-refractivity contribution is 0.158. The number of H-pyrrole nitrogens is 1. The lowest BCUT2D eigenvalue weighted by atomic mass is 10.1. The molecule has 4 heteroatoms. The highest BCUT2D eigenvalue weighted by molar-refractivity contribution is 7.71. The van der Waals surface area contributed by atoms with Crippen molar-refractivity contribution in [2.75, 3.05) is 13.1 Å². The number of imidazole rings is 1. The maximum absolute atomic E-state index is 5.40. The fraction of sp³-hybridized carbons (Fsp3) is 0.786. The molecule has 1 N–H and O–H groups in total. The highest BCUT2D eigenvalue weighted by Gasteiger charge is 2.18. The van der Waals surface area contributed by atoms with Crippen LogP contribution in [0.25, 0.3) is 0 Å². The molecule has 102 valence electrons.